The molecule has 3 rings (SSSR count). The maximum absolute atomic E-state index is 12.8. The van der Waals surface area contributed by atoms with Crippen LogP contribution in [0, 0.1) is 18.3 Å². The fourth-order valence-corrected chi connectivity index (χ4v) is 3.78. The van der Waals surface area contributed by atoms with Crippen molar-refractivity contribution in [1.29, 1.82) is 0 Å². The number of carboxylic acids is 1. The lowest BCUT2D eigenvalue weighted by Gasteiger charge is -2.34. The summed E-state index contributed by atoms with van der Waals surface area (Å²) in [6.45, 7) is 5.19. The van der Waals surface area contributed by atoms with Gasteiger partial charge in [-0.05, 0) is 49.7 Å². The van der Waals surface area contributed by atoms with E-state index in [1.807, 2.05) is 43.0 Å². The molecule has 2 fully saturated rings. The standard InChI is InChI=1S/C19H25NO4/c1-3-15(24-16-7-5-4-6-13(16)2)17(21)20-10-8-19(9-11-20)12-14(19)18(22)23/h4-7,14-15H,3,8-12H2,1-2H3,(H,22,23). The number of rotatable bonds is 5. The van der Waals surface area contributed by atoms with E-state index >= 15 is 0 Å². The molecule has 1 amide bonds. The Morgan fingerprint density at radius 1 is 1.33 bits per heavy atom. The molecule has 0 aromatic heterocycles. The zero-order valence-corrected chi connectivity index (χ0v) is 14.3. The number of aliphatic carboxylic acids is 1. The molecule has 1 aromatic carbocycles. The first-order valence-corrected chi connectivity index (χ1v) is 8.71. The fourth-order valence-electron chi connectivity index (χ4n) is 3.78. The normalized spacial score (nSPS) is 22.9. The Labute approximate surface area is 142 Å². The van der Waals surface area contributed by atoms with Crippen molar-refractivity contribution in [3.05, 3.63) is 29.8 Å². The average Bonchev–Trinajstić information content (AvgIpc) is 3.28. The van der Waals surface area contributed by atoms with Crippen LogP contribution in [-0.2, 0) is 9.59 Å². The van der Waals surface area contributed by atoms with E-state index in [2.05, 4.69) is 0 Å². The molecule has 1 aliphatic heterocycles. The number of carbonyl (C=O) groups is 2. The number of nitrogens with zero attached hydrogens (tertiary/aromatic N) is 1. The Bertz CT molecular complexity index is 634. The minimum Gasteiger partial charge on any atom is -0.481 e. The minimum atomic E-state index is -0.691. The molecule has 1 saturated carbocycles. The second-order valence-corrected chi connectivity index (χ2v) is 7.06. The largest absolute Gasteiger partial charge is 0.481 e. The SMILES string of the molecule is CCC(Oc1ccccc1C)C(=O)N1CCC2(CC1)CC2C(=O)O. The second kappa shape index (κ2) is 6.46. The van der Waals surface area contributed by atoms with E-state index in [4.69, 9.17) is 9.84 Å². The number of hydrogen-bond acceptors (Lipinski definition) is 3. The zero-order chi connectivity index (χ0) is 17.3. The van der Waals surface area contributed by atoms with E-state index in [0.717, 1.165) is 30.6 Å². The lowest BCUT2D eigenvalue weighted by atomic mass is 9.90. The predicted molar refractivity (Wildman–Crippen MR) is 89.9 cm³/mol. The maximum Gasteiger partial charge on any atom is 0.307 e. The third-order valence-corrected chi connectivity index (χ3v) is 5.57. The lowest BCUT2D eigenvalue weighted by Crippen LogP contribution is -2.46. The Kier molecular flexibility index (Phi) is 4.52. The molecule has 1 saturated heterocycles. The van der Waals surface area contributed by atoms with Crippen LogP contribution in [-0.4, -0.2) is 41.1 Å². The van der Waals surface area contributed by atoms with Gasteiger partial charge in [-0.1, -0.05) is 25.1 Å². The average molecular weight is 331 g/mol. The van der Waals surface area contributed by atoms with Gasteiger partial charge < -0.3 is 14.7 Å². The molecule has 5 heteroatoms. The number of piperidine rings is 1. The molecule has 1 aromatic rings. The molecule has 0 radical (unpaired) electrons. The zero-order valence-electron chi connectivity index (χ0n) is 14.3. The fraction of sp³-hybridized carbons (Fsp3) is 0.579. The van der Waals surface area contributed by atoms with Crippen molar-refractivity contribution in [2.45, 2.75) is 45.6 Å². The molecule has 1 N–H and O–H groups in total. The lowest BCUT2D eigenvalue weighted by molar-refractivity contribution is -0.141. The van der Waals surface area contributed by atoms with E-state index < -0.39 is 12.1 Å². The summed E-state index contributed by atoms with van der Waals surface area (Å²) in [4.78, 5) is 25.8. The first kappa shape index (κ1) is 16.8. The van der Waals surface area contributed by atoms with Crippen LogP contribution in [0.15, 0.2) is 24.3 Å². The van der Waals surface area contributed by atoms with Crippen molar-refractivity contribution < 1.29 is 19.4 Å². The molecule has 2 aliphatic rings. The first-order valence-electron chi connectivity index (χ1n) is 8.71. The van der Waals surface area contributed by atoms with Gasteiger partial charge in [0.25, 0.3) is 5.91 Å². The van der Waals surface area contributed by atoms with Gasteiger partial charge in [0.2, 0.25) is 0 Å². The van der Waals surface area contributed by atoms with Crippen molar-refractivity contribution in [1.82, 2.24) is 4.90 Å². The number of para-hydroxylation sites is 1. The summed E-state index contributed by atoms with van der Waals surface area (Å²) in [5.74, 6) is -0.133. The van der Waals surface area contributed by atoms with Gasteiger partial charge in [0.05, 0.1) is 5.92 Å². The molecule has 24 heavy (non-hydrogen) atoms. The Morgan fingerprint density at radius 3 is 2.54 bits per heavy atom. The summed E-state index contributed by atoms with van der Waals surface area (Å²) >= 11 is 0. The van der Waals surface area contributed by atoms with Crippen LogP contribution >= 0.6 is 0 Å². The first-order chi connectivity index (χ1) is 11.5. The summed E-state index contributed by atoms with van der Waals surface area (Å²) in [6.07, 6.45) is 2.48. The van der Waals surface area contributed by atoms with Gasteiger partial charge in [-0.3, -0.25) is 9.59 Å². The number of carboxylic acid groups (broad SMARTS) is 1. The van der Waals surface area contributed by atoms with Gasteiger partial charge in [-0.2, -0.15) is 0 Å². The molecule has 0 bridgehead atoms. The van der Waals surface area contributed by atoms with Crippen LogP contribution in [0.2, 0.25) is 0 Å². The molecule has 2 atom stereocenters. The monoisotopic (exact) mass is 331 g/mol. The highest BCUT2D eigenvalue weighted by molar-refractivity contribution is 5.81. The van der Waals surface area contributed by atoms with Gasteiger partial charge in [0.15, 0.2) is 6.10 Å². The van der Waals surface area contributed by atoms with Crippen LogP contribution in [0.1, 0.15) is 38.2 Å². The van der Waals surface area contributed by atoms with E-state index in [-0.39, 0.29) is 17.2 Å². The molecule has 130 valence electrons. The Hall–Kier alpha value is -2.04. The van der Waals surface area contributed by atoms with E-state index in [1.54, 1.807) is 0 Å². The molecular weight excluding hydrogens is 306 g/mol. The number of ether oxygens (including phenoxy) is 1. The molecule has 1 spiro atoms. The highest BCUT2D eigenvalue weighted by Gasteiger charge is 2.59. The van der Waals surface area contributed by atoms with Crippen molar-refractivity contribution in [3.63, 3.8) is 0 Å². The number of hydrogen-bond donors (Lipinski definition) is 1. The van der Waals surface area contributed by atoms with Gasteiger partial charge >= 0.3 is 5.97 Å². The van der Waals surface area contributed by atoms with Crippen molar-refractivity contribution in [2.24, 2.45) is 11.3 Å². The van der Waals surface area contributed by atoms with E-state index in [0.29, 0.717) is 19.5 Å². The van der Waals surface area contributed by atoms with Gasteiger partial charge in [0, 0.05) is 13.1 Å². The van der Waals surface area contributed by atoms with Gasteiger partial charge in [-0.25, -0.2) is 0 Å². The molecule has 2 unspecified atom stereocenters. The predicted octanol–water partition coefficient (Wildman–Crippen LogP) is 2.87. The van der Waals surface area contributed by atoms with Crippen LogP contribution < -0.4 is 4.74 Å². The topological polar surface area (TPSA) is 66.8 Å². The van der Waals surface area contributed by atoms with Crippen LogP contribution in [0.4, 0.5) is 0 Å². The van der Waals surface area contributed by atoms with Gasteiger partial charge in [-0.15, -0.1) is 0 Å². The molecular formula is C19H25NO4. The van der Waals surface area contributed by atoms with Crippen LogP contribution in [0.3, 0.4) is 0 Å². The highest BCUT2D eigenvalue weighted by Crippen LogP contribution is 2.59. The Balaban J connectivity index is 1.60. The third kappa shape index (κ3) is 3.12. The van der Waals surface area contributed by atoms with E-state index in [9.17, 15) is 9.59 Å². The van der Waals surface area contributed by atoms with Crippen LogP contribution in [0.5, 0.6) is 5.75 Å². The molecule has 1 heterocycles. The Morgan fingerprint density at radius 2 is 2.00 bits per heavy atom. The summed E-state index contributed by atoms with van der Waals surface area (Å²) in [5, 5.41) is 9.16. The van der Waals surface area contributed by atoms with Crippen molar-refractivity contribution in [2.75, 3.05) is 13.1 Å². The number of benzene rings is 1. The van der Waals surface area contributed by atoms with Crippen LogP contribution in [0.25, 0.3) is 0 Å². The summed E-state index contributed by atoms with van der Waals surface area (Å²) in [7, 11) is 0. The highest BCUT2D eigenvalue weighted by atomic mass is 16.5. The quantitative estimate of drug-likeness (QED) is 0.901. The third-order valence-electron chi connectivity index (χ3n) is 5.57. The number of amides is 1. The second-order valence-electron chi connectivity index (χ2n) is 7.06. The van der Waals surface area contributed by atoms with Crippen molar-refractivity contribution >= 4 is 11.9 Å². The number of carbonyl (C=O) groups excluding carboxylic acids is 1. The summed E-state index contributed by atoms with van der Waals surface area (Å²) in [5.41, 5.74) is 0.963. The number of aryl methyl sites for hydroxylation is 1. The van der Waals surface area contributed by atoms with Gasteiger partial charge in [0.1, 0.15) is 5.75 Å². The smallest absolute Gasteiger partial charge is 0.307 e. The minimum absolute atomic E-state index is 0.0168. The molecule has 5 nitrogen and oxygen atoms in total. The summed E-state index contributed by atoms with van der Waals surface area (Å²) in [6, 6.07) is 7.71. The van der Waals surface area contributed by atoms with Crippen molar-refractivity contribution in [3.8, 4) is 5.75 Å². The summed E-state index contributed by atoms with van der Waals surface area (Å²) < 4.78 is 5.95. The van der Waals surface area contributed by atoms with E-state index in [1.165, 1.54) is 0 Å². The molecule has 1 aliphatic carbocycles. The maximum atomic E-state index is 12.8. The number of likely N-dealkylation sites (tertiary alicyclic amines) is 1.